The Labute approximate surface area is 318 Å². The zero-order valence-corrected chi connectivity index (χ0v) is 30.8. The molecule has 10 aromatic rings. The predicted molar refractivity (Wildman–Crippen MR) is 229 cm³/mol. The average Bonchev–Trinajstić information content (AvgIpc) is 3.71. The van der Waals surface area contributed by atoms with Crippen LogP contribution in [-0.2, 0) is 5.41 Å². The van der Waals surface area contributed by atoms with E-state index in [1.54, 1.807) is 0 Å². The molecular weight excluding hydrogens is 673 g/mol. The SMILES string of the molecule is CC1(C)c2cc3ccccc3cc2-c2c(-c3cc(-c4ccc(-c5cccc6sc7ccccc7c56)c5ccccc45)nc(-c4ccccc4)n3)cccc21. The highest BCUT2D eigenvalue weighted by atomic mass is 32.1. The first-order valence-electron chi connectivity index (χ1n) is 18.6. The van der Waals surface area contributed by atoms with Gasteiger partial charge in [-0.2, -0.15) is 0 Å². The van der Waals surface area contributed by atoms with E-state index in [2.05, 4.69) is 178 Å². The summed E-state index contributed by atoms with van der Waals surface area (Å²) in [5.41, 5.74) is 12.6. The molecule has 0 radical (unpaired) electrons. The molecule has 54 heavy (non-hydrogen) atoms. The maximum atomic E-state index is 5.35. The predicted octanol–water partition coefficient (Wildman–Crippen LogP) is 14.1. The lowest BCUT2D eigenvalue weighted by Crippen LogP contribution is -2.14. The highest BCUT2D eigenvalue weighted by Crippen LogP contribution is 2.53. The van der Waals surface area contributed by atoms with Gasteiger partial charge in [-0.25, -0.2) is 9.97 Å². The van der Waals surface area contributed by atoms with E-state index in [-0.39, 0.29) is 5.41 Å². The summed E-state index contributed by atoms with van der Waals surface area (Å²) < 4.78 is 2.62. The van der Waals surface area contributed by atoms with Crippen LogP contribution in [-0.4, -0.2) is 9.97 Å². The summed E-state index contributed by atoms with van der Waals surface area (Å²) in [6, 6.07) is 61.6. The first kappa shape index (κ1) is 31.1. The van der Waals surface area contributed by atoms with Crippen LogP contribution >= 0.6 is 11.3 Å². The first-order chi connectivity index (χ1) is 26.5. The van der Waals surface area contributed by atoms with E-state index in [4.69, 9.17) is 9.97 Å². The third-order valence-electron chi connectivity index (χ3n) is 11.5. The van der Waals surface area contributed by atoms with Crippen LogP contribution in [0.5, 0.6) is 0 Å². The van der Waals surface area contributed by atoms with Gasteiger partial charge < -0.3 is 0 Å². The summed E-state index contributed by atoms with van der Waals surface area (Å²) in [6.07, 6.45) is 0. The molecular formula is C51H34N2S. The van der Waals surface area contributed by atoms with Gasteiger partial charge in [-0.3, -0.25) is 0 Å². The molecule has 1 aliphatic rings. The Morgan fingerprint density at radius 1 is 0.426 bits per heavy atom. The van der Waals surface area contributed by atoms with Crippen molar-refractivity contribution in [1.82, 2.24) is 9.97 Å². The molecule has 2 nitrogen and oxygen atoms in total. The van der Waals surface area contributed by atoms with Gasteiger partial charge in [0.2, 0.25) is 0 Å². The molecule has 0 unspecified atom stereocenters. The fraction of sp³-hybridized carbons (Fsp3) is 0.0588. The second kappa shape index (κ2) is 11.8. The normalized spacial score (nSPS) is 13.1. The van der Waals surface area contributed by atoms with Gasteiger partial charge in [0.25, 0.3) is 0 Å². The van der Waals surface area contributed by atoms with Gasteiger partial charge in [-0.15, -0.1) is 11.3 Å². The standard InChI is InChI=1S/C51H34N2S/c1-51(2)42-23-12-22-39(48(42)41-28-32-16-6-7-17-33(32)29-43(41)51)45-30-44(52-50(53-45)31-14-4-3-5-15-31)37-27-26-36(34-18-8-9-19-35(34)37)38-21-13-25-47-49(38)40-20-10-11-24-46(40)54-47/h3-30H,1-2H3. The van der Waals surface area contributed by atoms with Crippen LogP contribution < -0.4 is 0 Å². The molecule has 0 spiro atoms. The van der Waals surface area contributed by atoms with Crippen LogP contribution in [0.4, 0.5) is 0 Å². The topological polar surface area (TPSA) is 25.8 Å². The number of rotatable bonds is 4. The Balaban J connectivity index is 1.15. The van der Waals surface area contributed by atoms with Gasteiger partial charge in [0.05, 0.1) is 11.4 Å². The van der Waals surface area contributed by atoms with E-state index in [1.165, 1.54) is 75.1 Å². The lowest BCUT2D eigenvalue weighted by atomic mass is 9.81. The molecule has 0 saturated heterocycles. The minimum absolute atomic E-state index is 0.147. The van der Waals surface area contributed by atoms with E-state index in [1.807, 2.05) is 17.4 Å². The van der Waals surface area contributed by atoms with E-state index < -0.39 is 0 Å². The Morgan fingerprint density at radius 3 is 1.85 bits per heavy atom. The van der Waals surface area contributed by atoms with Crippen LogP contribution in [0.3, 0.4) is 0 Å². The van der Waals surface area contributed by atoms with Gasteiger partial charge in [0, 0.05) is 42.3 Å². The van der Waals surface area contributed by atoms with Crippen molar-refractivity contribution < 1.29 is 0 Å². The van der Waals surface area contributed by atoms with Crippen molar-refractivity contribution in [3.8, 4) is 56.2 Å². The second-order valence-corrected chi connectivity index (χ2v) is 16.0. The summed E-state index contributed by atoms with van der Waals surface area (Å²) >= 11 is 1.86. The van der Waals surface area contributed by atoms with Gasteiger partial charge in [-0.05, 0) is 85.3 Å². The lowest BCUT2D eigenvalue weighted by molar-refractivity contribution is 0.661. The van der Waals surface area contributed by atoms with Crippen molar-refractivity contribution >= 4 is 53.1 Å². The Hall–Kier alpha value is -6.42. The summed E-state index contributed by atoms with van der Waals surface area (Å²) in [5.74, 6) is 0.722. The summed E-state index contributed by atoms with van der Waals surface area (Å²) in [4.78, 5) is 10.7. The molecule has 0 amide bonds. The van der Waals surface area contributed by atoms with Crippen molar-refractivity contribution in [1.29, 1.82) is 0 Å². The molecule has 0 fully saturated rings. The van der Waals surface area contributed by atoms with Crippen LogP contribution in [0.25, 0.3) is 97.9 Å². The molecule has 0 atom stereocenters. The molecule has 2 heterocycles. The molecule has 0 aliphatic heterocycles. The maximum Gasteiger partial charge on any atom is 0.160 e. The Morgan fingerprint density at radius 2 is 1.04 bits per heavy atom. The van der Waals surface area contributed by atoms with E-state index in [0.29, 0.717) is 0 Å². The molecule has 254 valence electrons. The number of nitrogens with zero attached hydrogens (tertiary/aromatic N) is 2. The van der Waals surface area contributed by atoms with Crippen LogP contribution in [0.1, 0.15) is 25.0 Å². The summed E-state index contributed by atoms with van der Waals surface area (Å²) in [7, 11) is 0. The molecule has 1 aliphatic carbocycles. The number of aromatic nitrogens is 2. The fourth-order valence-corrected chi connectivity index (χ4v) is 10.0. The third kappa shape index (κ3) is 4.65. The fourth-order valence-electron chi connectivity index (χ4n) is 8.88. The minimum Gasteiger partial charge on any atom is -0.228 e. The Bertz CT molecular complexity index is 3130. The second-order valence-electron chi connectivity index (χ2n) is 14.9. The van der Waals surface area contributed by atoms with Crippen molar-refractivity contribution in [3.63, 3.8) is 0 Å². The van der Waals surface area contributed by atoms with Gasteiger partial charge >= 0.3 is 0 Å². The number of hydrogen-bond donors (Lipinski definition) is 0. The van der Waals surface area contributed by atoms with Gasteiger partial charge in [0.15, 0.2) is 5.82 Å². The number of thiophene rings is 1. The maximum absolute atomic E-state index is 5.35. The van der Waals surface area contributed by atoms with Crippen molar-refractivity contribution in [2.75, 3.05) is 0 Å². The highest BCUT2D eigenvalue weighted by Gasteiger charge is 2.37. The van der Waals surface area contributed by atoms with Crippen molar-refractivity contribution in [3.05, 3.63) is 181 Å². The molecule has 3 heteroatoms. The van der Waals surface area contributed by atoms with Crippen LogP contribution in [0.15, 0.2) is 170 Å². The van der Waals surface area contributed by atoms with Crippen molar-refractivity contribution in [2.45, 2.75) is 19.3 Å². The molecule has 8 aromatic carbocycles. The van der Waals surface area contributed by atoms with Crippen molar-refractivity contribution in [2.24, 2.45) is 0 Å². The van der Waals surface area contributed by atoms with E-state index in [0.717, 1.165) is 33.9 Å². The van der Waals surface area contributed by atoms with Crippen LogP contribution in [0, 0.1) is 0 Å². The summed E-state index contributed by atoms with van der Waals surface area (Å²) in [6.45, 7) is 4.70. The largest absolute Gasteiger partial charge is 0.228 e. The number of benzene rings is 8. The molecule has 0 saturated carbocycles. The van der Waals surface area contributed by atoms with Gasteiger partial charge in [-0.1, -0.05) is 153 Å². The molecule has 11 rings (SSSR count). The average molecular weight is 707 g/mol. The zero-order valence-electron chi connectivity index (χ0n) is 30.0. The molecule has 0 N–H and O–H groups in total. The third-order valence-corrected chi connectivity index (χ3v) is 12.6. The smallest absolute Gasteiger partial charge is 0.160 e. The number of hydrogen-bond acceptors (Lipinski definition) is 3. The quantitative estimate of drug-likeness (QED) is 0.182. The molecule has 2 aromatic heterocycles. The van der Waals surface area contributed by atoms with E-state index in [9.17, 15) is 0 Å². The summed E-state index contributed by atoms with van der Waals surface area (Å²) in [5, 5.41) is 7.53. The van der Waals surface area contributed by atoms with Crippen LogP contribution in [0.2, 0.25) is 0 Å². The molecule has 0 bridgehead atoms. The van der Waals surface area contributed by atoms with Gasteiger partial charge in [0.1, 0.15) is 0 Å². The lowest BCUT2D eigenvalue weighted by Gasteiger charge is -2.22. The Kier molecular flexibility index (Phi) is 6.80. The highest BCUT2D eigenvalue weighted by molar-refractivity contribution is 7.25. The van der Waals surface area contributed by atoms with E-state index >= 15 is 0 Å². The number of fused-ring (bicyclic) bond motifs is 8. The monoisotopic (exact) mass is 706 g/mol. The zero-order chi connectivity index (χ0) is 36.0. The first-order valence-corrected chi connectivity index (χ1v) is 19.4. The minimum atomic E-state index is -0.147.